The van der Waals surface area contributed by atoms with Crippen LogP contribution in [0, 0.1) is 6.92 Å². The molecule has 0 spiro atoms. The Morgan fingerprint density at radius 2 is 1.84 bits per heavy atom. The molecular weight excluding hydrogens is 314 g/mol. The maximum absolute atomic E-state index is 5.62. The molecule has 25 heavy (non-hydrogen) atoms. The zero-order valence-corrected chi connectivity index (χ0v) is 14.7. The van der Waals surface area contributed by atoms with Crippen molar-refractivity contribution in [2.24, 2.45) is 0 Å². The fourth-order valence-corrected chi connectivity index (χ4v) is 3.34. The van der Waals surface area contributed by atoms with Crippen LogP contribution in [0.15, 0.2) is 42.5 Å². The van der Waals surface area contributed by atoms with Crippen LogP contribution in [0.2, 0.25) is 0 Å². The van der Waals surface area contributed by atoms with Crippen molar-refractivity contribution < 1.29 is 9.47 Å². The number of ether oxygens (including phenoxy) is 2. The van der Waals surface area contributed by atoms with E-state index >= 15 is 0 Å². The quantitative estimate of drug-likeness (QED) is 0.787. The minimum absolute atomic E-state index is 0.713. The Morgan fingerprint density at radius 1 is 1.04 bits per heavy atom. The summed E-state index contributed by atoms with van der Waals surface area (Å²) in [4.78, 5) is 0. The Labute approximate surface area is 147 Å². The number of benzene rings is 2. The lowest BCUT2D eigenvalue weighted by molar-refractivity contribution is 0.356. The highest BCUT2D eigenvalue weighted by Crippen LogP contribution is 2.42. The number of nitrogens with zero attached hydrogens (tertiary/aromatic N) is 2. The number of methoxy groups -OCH3 is 2. The van der Waals surface area contributed by atoms with Gasteiger partial charge >= 0.3 is 0 Å². The highest BCUT2D eigenvalue weighted by Gasteiger charge is 2.26. The Kier molecular flexibility index (Phi) is 3.84. The molecule has 0 fully saturated rings. The van der Waals surface area contributed by atoms with Crippen LogP contribution >= 0.6 is 0 Å². The molecule has 5 heteroatoms. The minimum Gasteiger partial charge on any atom is -0.493 e. The minimum atomic E-state index is 0.713. The van der Waals surface area contributed by atoms with Crippen LogP contribution in [0.5, 0.6) is 11.5 Å². The molecule has 4 rings (SSSR count). The third-order valence-electron chi connectivity index (χ3n) is 4.59. The highest BCUT2D eigenvalue weighted by molar-refractivity contribution is 5.78. The van der Waals surface area contributed by atoms with E-state index in [9.17, 15) is 0 Å². The molecule has 1 aliphatic rings. The molecule has 0 aliphatic carbocycles. The van der Waals surface area contributed by atoms with Crippen LogP contribution in [0.1, 0.15) is 11.1 Å². The van der Waals surface area contributed by atoms with Gasteiger partial charge in [0.05, 0.1) is 19.9 Å². The van der Waals surface area contributed by atoms with Gasteiger partial charge in [0, 0.05) is 17.7 Å². The predicted octanol–water partition coefficient (Wildman–Crippen LogP) is 3.83. The summed E-state index contributed by atoms with van der Waals surface area (Å²) in [7, 11) is 3.31. The maximum atomic E-state index is 5.62. The molecule has 0 bridgehead atoms. The number of aromatic nitrogens is 2. The fraction of sp³-hybridized carbons (Fsp3) is 0.250. The van der Waals surface area contributed by atoms with E-state index in [-0.39, 0.29) is 0 Å². The normalized spacial score (nSPS) is 12.6. The van der Waals surface area contributed by atoms with Gasteiger partial charge in [-0.05, 0) is 37.6 Å². The number of nitrogens with one attached hydrogen (secondary N) is 1. The zero-order valence-electron chi connectivity index (χ0n) is 14.7. The molecule has 3 aromatic rings. The molecular formula is C20H21N3O2. The van der Waals surface area contributed by atoms with Crippen molar-refractivity contribution in [1.29, 1.82) is 0 Å². The summed E-state index contributed by atoms with van der Waals surface area (Å²) >= 11 is 0. The van der Waals surface area contributed by atoms with E-state index in [2.05, 4.69) is 36.5 Å². The molecule has 0 atom stereocenters. The molecule has 1 aromatic heterocycles. The first kappa shape index (κ1) is 15.6. The van der Waals surface area contributed by atoms with E-state index in [4.69, 9.17) is 14.6 Å². The van der Waals surface area contributed by atoms with Crippen molar-refractivity contribution in [1.82, 2.24) is 9.78 Å². The van der Waals surface area contributed by atoms with Crippen molar-refractivity contribution in [3.63, 3.8) is 0 Å². The van der Waals surface area contributed by atoms with Crippen molar-refractivity contribution in [2.45, 2.75) is 13.3 Å². The standard InChI is InChI=1S/C20H21N3O2/c1-13-7-9-14(10-8-13)23-20-16(11-12-21-20)18(22-23)15-5-4-6-17(24-2)19(15)25-3/h4-10,21H,11-12H2,1-3H3. The van der Waals surface area contributed by atoms with Gasteiger partial charge in [0.2, 0.25) is 0 Å². The average molecular weight is 335 g/mol. The third-order valence-corrected chi connectivity index (χ3v) is 4.59. The lowest BCUT2D eigenvalue weighted by Crippen LogP contribution is -2.04. The van der Waals surface area contributed by atoms with E-state index in [1.54, 1.807) is 14.2 Å². The molecule has 0 saturated carbocycles. The van der Waals surface area contributed by atoms with Gasteiger partial charge in [-0.3, -0.25) is 0 Å². The second-order valence-electron chi connectivity index (χ2n) is 6.14. The first-order chi connectivity index (χ1) is 12.2. The molecule has 0 amide bonds. The van der Waals surface area contributed by atoms with Gasteiger partial charge in [-0.15, -0.1) is 0 Å². The summed E-state index contributed by atoms with van der Waals surface area (Å²) in [5.41, 5.74) is 5.38. The first-order valence-electron chi connectivity index (χ1n) is 8.37. The van der Waals surface area contributed by atoms with Gasteiger partial charge < -0.3 is 14.8 Å². The number of hydrogen-bond acceptors (Lipinski definition) is 4. The molecule has 128 valence electrons. The fourth-order valence-electron chi connectivity index (χ4n) is 3.34. The average Bonchev–Trinajstić information content (AvgIpc) is 3.24. The second-order valence-corrected chi connectivity index (χ2v) is 6.14. The van der Waals surface area contributed by atoms with Crippen LogP contribution in [-0.4, -0.2) is 30.5 Å². The van der Waals surface area contributed by atoms with Gasteiger partial charge in [-0.2, -0.15) is 5.10 Å². The third kappa shape index (κ3) is 2.52. The van der Waals surface area contributed by atoms with Crippen LogP contribution < -0.4 is 14.8 Å². The topological polar surface area (TPSA) is 48.3 Å². The summed E-state index contributed by atoms with van der Waals surface area (Å²) in [6, 6.07) is 14.3. The predicted molar refractivity (Wildman–Crippen MR) is 99.0 cm³/mol. The molecule has 0 radical (unpaired) electrons. The lowest BCUT2D eigenvalue weighted by Gasteiger charge is -2.11. The van der Waals surface area contributed by atoms with Crippen LogP contribution in [-0.2, 0) is 6.42 Å². The summed E-state index contributed by atoms with van der Waals surface area (Å²) in [6.07, 6.45) is 0.941. The number of para-hydroxylation sites is 1. The molecule has 1 N–H and O–H groups in total. The summed E-state index contributed by atoms with van der Waals surface area (Å²) in [5, 5.41) is 8.37. The van der Waals surface area contributed by atoms with E-state index in [1.807, 2.05) is 22.9 Å². The van der Waals surface area contributed by atoms with Crippen molar-refractivity contribution in [2.75, 3.05) is 26.1 Å². The number of rotatable bonds is 4. The Balaban J connectivity index is 1.90. The molecule has 0 unspecified atom stereocenters. The Bertz CT molecular complexity index is 913. The molecule has 2 aromatic carbocycles. The van der Waals surface area contributed by atoms with Crippen molar-refractivity contribution in [3.05, 3.63) is 53.6 Å². The lowest BCUT2D eigenvalue weighted by atomic mass is 10.1. The van der Waals surface area contributed by atoms with Gasteiger partial charge in [0.15, 0.2) is 11.5 Å². The molecule has 1 aliphatic heterocycles. The monoisotopic (exact) mass is 335 g/mol. The summed E-state index contributed by atoms with van der Waals surface area (Å²) < 4.78 is 13.0. The Hall–Kier alpha value is -2.95. The smallest absolute Gasteiger partial charge is 0.170 e. The number of fused-ring (bicyclic) bond motifs is 1. The van der Waals surface area contributed by atoms with Crippen LogP contribution in [0.25, 0.3) is 16.9 Å². The second kappa shape index (κ2) is 6.16. The van der Waals surface area contributed by atoms with Gasteiger partial charge in [0.1, 0.15) is 11.5 Å². The number of aryl methyl sites for hydroxylation is 1. The molecule has 2 heterocycles. The SMILES string of the molecule is COc1cccc(-c2nn(-c3ccc(C)cc3)c3c2CCN3)c1OC. The van der Waals surface area contributed by atoms with Crippen molar-refractivity contribution in [3.8, 4) is 28.4 Å². The first-order valence-corrected chi connectivity index (χ1v) is 8.37. The molecule has 0 saturated heterocycles. The highest BCUT2D eigenvalue weighted by atomic mass is 16.5. The largest absolute Gasteiger partial charge is 0.493 e. The summed E-state index contributed by atoms with van der Waals surface area (Å²) in [5.74, 6) is 2.49. The summed E-state index contributed by atoms with van der Waals surface area (Å²) in [6.45, 7) is 3.00. The van der Waals surface area contributed by atoms with E-state index < -0.39 is 0 Å². The zero-order chi connectivity index (χ0) is 17.4. The molecule has 5 nitrogen and oxygen atoms in total. The van der Waals surface area contributed by atoms with Gasteiger partial charge in [-0.1, -0.05) is 23.8 Å². The number of anilines is 1. The van der Waals surface area contributed by atoms with Crippen LogP contribution in [0.4, 0.5) is 5.82 Å². The van der Waals surface area contributed by atoms with Gasteiger partial charge in [0.25, 0.3) is 0 Å². The van der Waals surface area contributed by atoms with Crippen LogP contribution in [0.3, 0.4) is 0 Å². The van der Waals surface area contributed by atoms with E-state index in [1.165, 1.54) is 11.1 Å². The van der Waals surface area contributed by atoms with E-state index in [0.717, 1.165) is 35.7 Å². The Morgan fingerprint density at radius 3 is 2.56 bits per heavy atom. The van der Waals surface area contributed by atoms with Crippen molar-refractivity contribution >= 4 is 5.82 Å². The number of hydrogen-bond donors (Lipinski definition) is 1. The van der Waals surface area contributed by atoms with E-state index in [0.29, 0.717) is 11.5 Å². The van der Waals surface area contributed by atoms with Gasteiger partial charge in [-0.25, -0.2) is 4.68 Å². The maximum Gasteiger partial charge on any atom is 0.170 e.